The largest absolute Gasteiger partial charge is 0.496 e. The molecule has 0 N–H and O–H groups in total. The van der Waals surface area contributed by atoms with Crippen LogP contribution in [0.2, 0.25) is 0 Å². The molecule has 0 aliphatic carbocycles. The van der Waals surface area contributed by atoms with Crippen LogP contribution in [0.1, 0.15) is 16.0 Å². The normalized spacial score (nSPS) is 10.6. The van der Waals surface area contributed by atoms with Gasteiger partial charge in [-0.3, -0.25) is 0 Å². The fraction of sp³-hybridized carbons (Fsp3) is 0.308. The summed E-state index contributed by atoms with van der Waals surface area (Å²) in [6, 6.07) is 4.21. The molecule has 1 aromatic carbocycles. The second-order valence-electron chi connectivity index (χ2n) is 4.01. The number of methoxy groups -OCH3 is 1. The molecule has 0 radical (unpaired) electrons. The van der Waals surface area contributed by atoms with E-state index in [1.165, 1.54) is 16.0 Å². The molecule has 0 spiro atoms. The minimum Gasteiger partial charge on any atom is -0.496 e. The van der Waals surface area contributed by atoms with Crippen molar-refractivity contribution in [1.82, 2.24) is 4.98 Å². The van der Waals surface area contributed by atoms with Crippen LogP contribution in [-0.4, -0.2) is 12.1 Å². The maximum absolute atomic E-state index is 5.33. The van der Waals surface area contributed by atoms with Gasteiger partial charge >= 0.3 is 0 Å². The summed E-state index contributed by atoms with van der Waals surface area (Å²) < 4.78 is 6.25. The molecule has 2 aromatic rings. The summed E-state index contributed by atoms with van der Waals surface area (Å²) >= 11 is 5.10. The molecule has 17 heavy (non-hydrogen) atoms. The standard InChI is InChI=1S/C13H14BrNOS/c1-7-6-11(16-4)8(2)5-10(7)12-9(3)17-13(14)15-12/h5-6H,1-4H3. The molecular weight excluding hydrogens is 298 g/mol. The van der Waals surface area contributed by atoms with Gasteiger partial charge < -0.3 is 4.74 Å². The lowest BCUT2D eigenvalue weighted by molar-refractivity contribution is 0.411. The van der Waals surface area contributed by atoms with Crippen LogP contribution in [0.4, 0.5) is 0 Å². The maximum Gasteiger partial charge on any atom is 0.160 e. The van der Waals surface area contributed by atoms with Gasteiger partial charge in [0, 0.05) is 10.4 Å². The Balaban J connectivity index is 2.60. The summed E-state index contributed by atoms with van der Waals surface area (Å²) in [5, 5.41) is 0. The first-order chi connectivity index (χ1) is 8.02. The molecule has 0 atom stereocenters. The van der Waals surface area contributed by atoms with Crippen molar-refractivity contribution in [3.05, 3.63) is 32.1 Å². The average molecular weight is 312 g/mol. The number of halogens is 1. The molecule has 0 bridgehead atoms. The van der Waals surface area contributed by atoms with Crippen LogP contribution in [0.3, 0.4) is 0 Å². The van der Waals surface area contributed by atoms with E-state index in [1.54, 1.807) is 18.4 Å². The van der Waals surface area contributed by atoms with Crippen molar-refractivity contribution < 1.29 is 4.74 Å². The van der Waals surface area contributed by atoms with Crippen molar-refractivity contribution in [2.24, 2.45) is 0 Å². The highest BCUT2D eigenvalue weighted by molar-refractivity contribution is 9.11. The third-order valence-electron chi connectivity index (χ3n) is 2.77. The number of thiazole rings is 1. The van der Waals surface area contributed by atoms with E-state index in [2.05, 4.69) is 53.8 Å². The topological polar surface area (TPSA) is 22.1 Å². The van der Waals surface area contributed by atoms with Gasteiger partial charge in [0.05, 0.1) is 12.8 Å². The molecule has 4 heteroatoms. The fourth-order valence-electron chi connectivity index (χ4n) is 1.88. The van der Waals surface area contributed by atoms with Crippen molar-refractivity contribution in [2.75, 3.05) is 7.11 Å². The first-order valence-corrected chi connectivity index (χ1v) is 6.92. The summed E-state index contributed by atoms with van der Waals surface area (Å²) in [7, 11) is 1.70. The Morgan fingerprint density at radius 3 is 2.41 bits per heavy atom. The van der Waals surface area contributed by atoms with Gasteiger partial charge in [0.1, 0.15) is 5.75 Å². The lowest BCUT2D eigenvalue weighted by Gasteiger charge is -2.10. The Morgan fingerprint density at radius 2 is 1.88 bits per heavy atom. The Kier molecular flexibility index (Phi) is 3.54. The van der Waals surface area contributed by atoms with E-state index in [4.69, 9.17) is 4.74 Å². The smallest absolute Gasteiger partial charge is 0.160 e. The highest BCUT2D eigenvalue weighted by Gasteiger charge is 2.12. The number of benzene rings is 1. The molecule has 0 unspecified atom stereocenters. The number of hydrogen-bond donors (Lipinski definition) is 0. The first kappa shape index (κ1) is 12.6. The van der Waals surface area contributed by atoms with Crippen LogP contribution < -0.4 is 4.74 Å². The lowest BCUT2D eigenvalue weighted by Crippen LogP contribution is -1.92. The Labute approximate surface area is 114 Å². The van der Waals surface area contributed by atoms with Crippen LogP contribution >= 0.6 is 27.3 Å². The quantitative estimate of drug-likeness (QED) is 0.814. The molecule has 0 aliphatic rings. The molecular formula is C13H14BrNOS. The second kappa shape index (κ2) is 4.78. The van der Waals surface area contributed by atoms with Gasteiger partial charge in [-0.1, -0.05) is 0 Å². The van der Waals surface area contributed by atoms with Gasteiger partial charge in [0.15, 0.2) is 3.92 Å². The van der Waals surface area contributed by atoms with E-state index in [-0.39, 0.29) is 0 Å². The lowest BCUT2D eigenvalue weighted by atomic mass is 10.0. The van der Waals surface area contributed by atoms with E-state index < -0.39 is 0 Å². The van der Waals surface area contributed by atoms with Crippen molar-refractivity contribution in [2.45, 2.75) is 20.8 Å². The second-order valence-corrected chi connectivity index (χ2v) is 6.49. The molecule has 1 heterocycles. The number of hydrogen-bond acceptors (Lipinski definition) is 3. The molecule has 2 rings (SSSR count). The molecule has 2 nitrogen and oxygen atoms in total. The van der Waals surface area contributed by atoms with Crippen LogP contribution in [0, 0.1) is 20.8 Å². The highest BCUT2D eigenvalue weighted by atomic mass is 79.9. The number of ether oxygens (including phenoxy) is 1. The third-order valence-corrected chi connectivity index (χ3v) is 4.19. The highest BCUT2D eigenvalue weighted by Crippen LogP contribution is 2.34. The summed E-state index contributed by atoms with van der Waals surface area (Å²) in [6.45, 7) is 6.24. The van der Waals surface area contributed by atoms with Gasteiger partial charge in [-0.05, 0) is 60.0 Å². The maximum atomic E-state index is 5.33. The molecule has 1 aromatic heterocycles. The van der Waals surface area contributed by atoms with Crippen LogP contribution in [0.5, 0.6) is 5.75 Å². The predicted molar refractivity (Wildman–Crippen MR) is 76.0 cm³/mol. The van der Waals surface area contributed by atoms with E-state index in [0.717, 1.165) is 20.9 Å². The minimum atomic E-state index is 0.929. The summed E-state index contributed by atoms with van der Waals surface area (Å²) in [5.74, 6) is 0.929. The van der Waals surface area contributed by atoms with Crippen LogP contribution in [0.15, 0.2) is 16.0 Å². The molecule has 0 saturated heterocycles. The SMILES string of the molecule is COc1cc(C)c(-c2nc(Br)sc2C)cc1C. The fourth-order valence-corrected chi connectivity index (χ4v) is 3.43. The van der Waals surface area contributed by atoms with Crippen molar-refractivity contribution in [3.8, 4) is 17.0 Å². The zero-order valence-corrected chi connectivity index (χ0v) is 12.7. The Hall–Kier alpha value is -0.870. The number of aromatic nitrogens is 1. The van der Waals surface area contributed by atoms with Gasteiger partial charge in [0.25, 0.3) is 0 Å². The summed E-state index contributed by atoms with van der Waals surface area (Å²) in [6.07, 6.45) is 0. The predicted octanol–water partition coefficient (Wildman–Crippen LogP) is 4.51. The van der Waals surface area contributed by atoms with Gasteiger partial charge in [-0.15, -0.1) is 11.3 Å². The van der Waals surface area contributed by atoms with Crippen molar-refractivity contribution in [1.29, 1.82) is 0 Å². The van der Waals surface area contributed by atoms with Gasteiger partial charge in [-0.25, -0.2) is 4.98 Å². The molecule has 90 valence electrons. The minimum absolute atomic E-state index is 0.929. The van der Waals surface area contributed by atoms with E-state index in [9.17, 15) is 0 Å². The summed E-state index contributed by atoms with van der Waals surface area (Å²) in [4.78, 5) is 5.76. The molecule has 0 amide bonds. The molecule has 0 aliphatic heterocycles. The monoisotopic (exact) mass is 311 g/mol. The number of nitrogens with zero attached hydrogens (tertiary/aromatic N) is 1. The van der Waals surface area contributed by atoms with Crippen molar-refractivity contribution in [3.63, 3.8) is 0 Å². The average Bonchev–Trinajstić information content (AvgIpc) is 2.60. The van der Waals surface area contributed by atoms with Crippen LogP contribution in [-0.2, 0) is 0 Å². The van der Waals surface area contributed by atoms with E-state index >= 15 is 0 Å². The van der Waals surface area contributed by atoms with E-state index in [1.807, 2.05) is 0 Å². The Bertz CT molecular complexity index is 563. The molecule has 0 fully saturated rings. The van der Waals surface area contributed by atoms with Gasteiger partial charge in [0.2, 0.25) is 0 Å². The zero-order valence-electron chi connectivity index (χ0n) is 10.3. The van der Waals surface area contributed by atoms with Crippen LogP contribution in [0.25, 0.3) is 11.3 Å². The molecule has 0 saturated carbocycles. The number of aryl methyl sites for hydroxylation is 3. The first-order valence-electron chi connectivity index (χ1n) is 5.31. The number of rotatable bonds is 2. The zero-order chi connectivity index (χ0) is 12.6. The van der Waals surface area contributed by atoms with Gasteiger partial charge in [-0.2, -0.15) is 0 Å². The van der Waals surface area contributed by atoms with E-state index in [0.29, 0.717) is 0 Å². The Morgan fingerprint density at radius 1 is 1.18 bits per heavy atom. The summed E-state index contributed by atoms with van der Waals surface area (Å²) in [5.41, 5.74) is 4.57. The third kappa shape index (κ3) is 2.38. The van der Waals surface area contributed by atoms with Crippen molar-refractivity contribution >= 4 is 27.3 Å².